The minimum Gasteiger partial charge on any atom is -0.466 e. The van der Waals surface area contributed by atoms with Gasteiger partial charge in [0.15, 0.2) is 0 Å². The van der Waals surface area contributed by atoms with Crippen LogP contribution in [0.3, 0.4) is 0 Å². The molecule has 0 bridgehead atoms. The maximum Gasteiger partial charge on any atom is 0.341 e. The SMILES string of the molecule is O=C(CCCCCCCCCC=C(F)F)OCCCCCCCCCC=CC(F)(F)Cl. The van der Waals surface area contributed by atoms with E-state index in [1.165, 1.54) is 6.08 Å². The molecule has 7 heteroatoms. The normalized spacial score (nSPS) is 11.8. The zero-order chi connectivity index (χ0) is 23.2. The van der Waals surface area contributed by atoms with Crippen LogP contribution in [0.25, 0.3) is 0 Å². The molecule has 0 unspecified atom stereocenters. The molecule has 0 aliphatic rings. The summed E-state index contributed by atoms with van der Waals surface area (Å²) in [6.07, 6.45) is 17.0. The number of allylic oxidation sites excluding steroid dienone is 3. The molecule has 0 radical (unpaired) electrons. The lowest BCUT2D eigenvalue weighted by molar-refractivity contribution is -0.143. The number of rotatable bonds is 21. The number of esters is 1. The third-order valence-corrected chi connectivity index (χ3v) is 5.09. The minimum atomic E-state index is -3.23. The summed E-state index contributed by atoms with van der Waals surface area (Å²) in [7, 11) is 0. The van der Waals surface area contributed by atoms with Crippen molar-refractivity contribution in [3.8, 4) is 0 Å². The Balaban J connectivity index is 3.26. The van der Waals surface area contributed by atoms with Gasteiger partial charge in [0.2, 0.25) is 0 Å². The Morgan fingerprint density at radius 1 is 0.742 bits per heavy atom. The highest BCUT2D eigenvalue weighted by atomic mass is 35.5. The maximum atomic E-state index is 12.3. The van der Waals surface area contributed by atoms with Gasteiger partial charge in [0, 0.05) is 6.42 Å². The van der Waals surface area contributed by atoms with Crippen LogP contribution in [-0.4, -0.2) is 18.0 Å². The summed E-state index contributed by atoms with van der Waals surface area (Å²) in [4.78, 5) is 11.7. The summed E-state index contributed by atoms with van der Waals surface area (Å²) < 4.78 is 53.6. The Labute approximate surface area is 190 Å². The number of ether oxygens (including phenoxy) is 1. The largest absolute Gasteiger partial charge is 0.466 e. The highest BCUT2D eigenvalue weighted by Crippen LogP contribution is 2.20. The van der Waals surface area contributed by atoms with E-state index in [1.807, 2.05) is 0 Å². The van der Waals surface area contributed by atoms with E-state index in [4.69, 9.17) is 16.3 Å². The molecule has 0 aromatic heterocycles. The molecule has 0 spiro atoms. The van der Waals surface area contributed by atoms with Gasteiger partial charge in [-0.15, -0.1) is 0 Å². The second-order valence-corrected chi connectivity index (χ2v) is 8.44. The fraction of sp³-hybridized carbons (Fsp3) is 0.792. The molecule has 0 aliphatic carbocycles. The molecule has 31 heavy (non-hydrogen) atoms. The topological polar surface area (TPSA) is 26.3 Å². The van der Waals surface area contributed by atoms with Crippen molar-refractivity contribution in [3.63, 3.8) is 0 Å². The average molecular weight is 471 g/mol. The molecule has 0 saturated carbocycles. The van der Waals surface area contributed by atoms with E-state index in [-0.39, 0.29) is 5.97 Å². The van der Waals surface area contributed by atoms with Gasteiger partial charge >= 0.3 is 11.4 Å². The van der Waals surface area contributed by atoms with E-state index in [1.54, 1.807) is 0 Å². The average Bonchev–Trinajstić information content (AvgIpc) is 2.69. The maximum absolute atomic E-state index is 12.3. The third-order valence-electron chi connectivity index (χ3n) is 4.97. The van der Waals surface area contributed by atoms with Crippen LogP contribution in [0.1, 0.15) is 109 Å². The van der Waals surface area contributed by atoms with E-state index in [0.29, 0.717) is 25.9 Å². The number of hydrogen-bond acceptors (Lipinski definition) is 2. The lowest BCUT2D eigenvalue weighted by Gasteiger charge is -2.05. The molecule has 0 rings (SSSR count). The van der Waals surface area contributed by atoms with Crippen LogP contribution < -0.4 is 0 Å². The molecule has 0 aromatic rings. The standard InChI is InChI=1S/C24H39ClF4O2/c25-24(28,29)20-16-12-8-4-1-5-9-13-17-21-31-23(30)19-15-11-7-3-2-6-10-14-18-22(26)27/h16,18,20H,1-15,17,19,21H2. The molecule has 0 N–H and O–H groups in total. The Hall–Kier alpha value is -1.04. The van der Waals surface area contributed by atoms with Crippen molar-refractivity contribution in [3.05, 3.63) is 24.3 Å². The third kappa shape index (κ3) is 26.9. The highest BCUT2D eigenvalue weighted by Gasteiger charge is 2.18. The number of hydrogen-bond donors (Lipinski definition) is 0. The number of carbonyl (C=O) groups is 1. The van der Waals surface area contributed by atoms with Crippen LogP contribution in [0, 0.1) is 0 Å². The molecular formula is C24H39ClF4O2. The van der Waals surface area contributed by atoms with Gasteiger partial charge in [-0.05, 0) is 62.3 Å². The van der Waals surface area contributed by atoms with E-state index >= 15 is 0 Å². The van der Waals surface area contributed by atoms with E-state index in [2.05, 4.69) is 0 Å². The van der Waals surface area contributed by atoms with Crippen molar-refractivity contribution < 1.29 is 27.1 Å². The van der Waals surface area contributed by atoms with Crippen LogP contribution in [0.2, 0.25) is 0 Å². The monoisotopic (exact) mass is 470 g/mol. The van der Waals surface area contributed by atoms with Crippen molar-refractivity contribution >= 4 is 17.6 Å². The highest BCUT2D eigenvalue weighted by molar-refractivity contribution is 6.22. The lowest BCUT2D eigenvalue weighted by atomic mass is 10.1. The molecule has 0 saturated heterocycles. The molecule has 0 aliphatic heterocycles. The zero-order valence-corrected chi connectivity index (χ0v) is 19.4. The summed E-state index contributed by atoms with van der Waals surface area (Å²) in [6.45, 7) is 0.476. The number of halogens is 5. The summed E-state index contributed by atoms with van der Waals surface area (Å²) in [5.74, 6) is -0.129. The van der Waals surface area contributed by atoms with Gasteiger partial charge in [-0.3, -0.25) is 4.79 Å². The Bertz CT molecular complexity index is 486. The second-order valence-electron chi connectivity index (χ2n) is 7.94. The van der Waals surface area contributed by atoms with Gasteiger partial charge in [-0.1, -0.05) is 70.3 Å². The van der Waals surface area contributed by atoms with Crippen molar-refractivity contribution in [2.45, 2.75) is 115 Å². The van der Waals surface area contributed by atoms with Gasteiger partial charge in [0.05, 0.1) is 6.61 Å². The zero-order valence-electron chi connectivity index (χ0n) is 18.7. The first-order valence-electron chi connectivity index (χ1n) is 11.7. The Kier molecular flexibility index (Phi) is 20.1. The fourth-order valence-electron chi connectivity index (χ4n) is 3.23. The first-order chi connectivity index (χ1) is 14.8. The summed E-state index contributed by atoms with van der Waals surface area (Å²) in [5.41, 5.74) is 0. The van der Waals surface area contributed by atoms with Crippen molar-refractivity contribution in [1.29, 1.82) is 0 Å². The van der Waals surface area contributed by atoms with Crippen LogP contribution >= 0.6 is 11.6 Å². The summed E-state index contributed by atoms with van der Waals surface area (Å²) in [6, 6.07) is 0. The van der Waals surface area contributed by atoms with Gasteiger partial charge in [0.1, 0.15) is 0 Å². The minimum absolute atomic E-state index is 0.129. The Morgan fingerprint density at radius 2 is 1.23 bits per heavy atom. The van der Waals surface area contributed by atoms with Gasteiger partial charge in [0.25, 0.3) is 6.08 Å². The molecule has 0 atom stereocenters. The summed E-state index contributed by atoms with van der Waals surface area (Å²) in [5, 5.41) is -3.23. The second kappa shape index (κ2) is 20.8. The molecule has 182 valence electrons. The van der Waals surface area contributed by atoms with Crippen molar-refractivity contribution in [1.82, 2.24) is 0 Å². The van der Waals surface area contributed by atoms with Crippen LogP contribution in [0.4, 0.5) is 17.6 Å². The first-order valence-corrected chi connectivity index (χ1v) is 12.1. The number of alkyl halides is 3. The Morgan fingerprint density at radius 3 is 1.77 bits per heavy atom. The van der Waals surface area contributed by atoms with E-state index in [9.17, 15) is 22.4 Å². The van der Waals surface area contributed by atoms with Gasteiger partial charge in [-0.25, -0.2) is 0 Å². The van der Waals surface area contributed by atoms with Gasteiger partial charge < -0.3 is 4.74 Å². The molecular weight excluding hydrogens is 432 g/mol. The molecule has 0 heterocycles. The van der Waals surface area contributed by atoms with E-state index in [0.717, 1.165) is 102 Å². The number of unbranched alkanes of at least 4 members (excludes halogenated alkanes) is 14. The summed E-state index contributed by atoms with van der Waals surface area (Å²) >= 11 is 4.77. The smallest absolute Gasteiger partial charge is 0.341 e. The molecule has 2 nitrogen and oxygen atoms in total. The predicted molar refractivity (Wildman–Crippen MR) is 120 cm³/mol. The van der Waals surface area contributed by atoms with Crippen LogP contribution in [-0.2, 0) is 9.53 Å². The fourth-order valence-corrected chi connectivity index (χ4v) is 3.32. The van der Waals surface area contributed by atoms with Crippen LogP contribution in [0.15, 0.2) is 24.3 Å². The van der Waals surface area contributed by atoms with Gasteiger partial charge in [-0.2, -0.15) is 17.6 Å². The van der Waals surface area contributed by atoms with Crippen molar-refractivity contribution in [2.75, 3.05) is 6.61 Å². The lowest BCUT2D eigenvalue weighted by Crippen LogP contribution is -2.05. The number of carbonyl (C=O) groups excluding carboxylic acids is 1. The molecule has 0 aromatic carbocycles. The molecule has 0 fully saturated rings. The quantitative estimate of drug-likeness (QED) is 0.0549. The van der Waals surface area contributed by atoms with Crippen LogP contribution in [0.5, 0.6) is 0 Å². The van der Waals surface area contributed by atoms with Crippen molar-refractivity contribution in [2.24, 2.45) is 0 Å². The molecule has 0 amide bonds. The predicted octanol–water partition coefficient (Wildman–Crippen LogP) is 9.33. The van der Waals surface area contributed by atoms with E-state index < -0.39 is 11.5 Å². The first kappa shape index (κ1) is 30.0.